The van der Waals surface area contributed by atoms with E-state index < -0.39 is 5.54 Å². The lowest BCUT2D eigenvalue weighted by Gasteiger charge is -2.41. The Kier molecular flexibility index (Phi) is 6.56. The van der Waals surface area contributed by atoms with Crippen LogP contribution in [0.1, 0.15) is 66.9 Å². The van der Waals surface area contributed by atoms with E-state index in [-0.39, 0.29) is 36.0 Å². The molecule has 0 bridgehead atoms. The van der Waals surface area contributed by atoms with E-state index in [4.69, 9.17) is 4.74 Å². The molecule has 1 aliphatic heterocycles. The Labute approximate surface area is 171 Å². The fraction of sp³-hybridized carbons (Fsp3) is 0.700. The van der Waals surface area contributed by atoms with E-state index in [1.54, 1.807) is 14.0 Å². The summed E-state index contributed by atoms with van der Waals surface area (Å²) < 4.78 is 6.72. The van der Waals surface area contributed by atoms with Crippen molar-refractivity contribution in [1.29, 1.82) is 0 Å². The Hall–Kier alpha value is -2.42. The van der Waals surface area contributed by atoms with Gasteiger partial charge in [-0.1, -0.05) is 12.8 Å². The molecule has 9 nitrogen and oxygen atoms in total. The first kappa shape index (κ1) is 21.3. The molecule has 0 unspecified atom stereocenters. The molecule has 1 atom stereocenters. The number of carbonyl (C=O) groups excluding carboxylic acids is 3. The molecule has 0 spiro atoms. The van der Waals surface area contributed by atoms with Gasteiger partial charge in [-0.05, 0) is 33.1 Å². The van der Waals surface area contributed by atoms with Crippen LogP contribution in [-0.4, -0.2) is 70.8 Å². The van der Waals surface area contributed by atoms with Gasteiger partial charge in [0.2, 0.25) is 5.91 Å². The molecule has 3 amide bonds. The van der Waals surface area contributed by atoms with Gasteiger partial charge in [-0.2, -0.15) is 5.10 Å². The molecule has 1 aliphatic carbocycles. The van der Waals surface area contributed by atoms with Gasteiger partial charge in [0, 0.05) is 38.9 Å². The molecular weight excluding hydrogens is 374 g/mol. The van der Waals surface area contributed by atoms with E-state index in [2.05, 4.69) is 15.7 Å². The third kappa shape index (κ3) is 4.44. The van der Waals surface area contributed by atoms with Gasteiger partial charge in [-0.15, -0.1) is 0 Å². The summed E-state index contributed by atoms with van der Waals surface area (Å²) in [5, 5.41) is 10.2. The number of nitrogens with zero attached hydrogens (tertiary/aromatic N) is 3. The predicted octanol–water partition coefficient (Wildman–Crippen LogP) is 0.943. The largest absolute Gasteiger partial charge is 0.382 e. The molecule has 1 aromatic rings. The van der Waals surface area contributed by atoms with Gasteiger partial charge < -0.3 is 20.3 Å². The van der Waals surface area contributed by atoms with E-state index in [0.717, 1.165) is 25.7 Å². The van der Waals surface area contributed by atoms with Gasteiger partial charge in [0.1, 0.15) is 11.2 Å². The van der Waals surface area contributed by atoms with E-state index in [0.29, 0.717) is 31.9 Å². The van der Waals surface area contributed by atoms with Crippen LogP contribution in [0.2, 0.25) is 0 Å². The third-order valence-electron chi connectivity index (χ3n) is 5.87. The summed E-state index contributed by atoms with van der Waals surface area (Å²) in [5.41, 5.74) is -0.555. The van der Waals surface area contributed by atoms with Crippen LogP contribution in [0, 0.1) is 0 Å². The highest BCUT2D eigenvalue weighted by atomic mass is 16.5. The van der Waals surface area contributed by atoms with Gasteiger partial charge in [0.25, 0.3) is 11.8 Å². The number of rotatable bonds is 8. The van der Waals surface area contributed by atoms with Crippen LogP contribution in [0.15, 0.2) is 6.07 Å². The quantitative estimate of drug-likeness (QED) is 0.626. The standard InChI is InChI=1S/C20H31N5O4/c1-4-29-11-7-10-21-17(26)15-12-16-18(27)24(3)20(2,13-25(16)23-15)19(28)22-14-8-5-6-9-14/h12,14H,4-11,13H2,1-3H3,(H,21,26)(H,22,28)/t20-/m1/s1. The van der Waals surface area contributed by atoms with Crippen molar-refractivity contribution in [3.05, 3.63) is 17.5 Å². The Morgan fingerprint density at radius 3 is 2.76 bits per heavy atom. The first-order valence-electron chi connectivity index (χ1n) is 10.4. The summed E-state index contributed by atoms with van der Waals surface area (Å²) in [4.78, 5) is 39.7. The van der Waals surface area contributed by atoms with Gasteiger partial charge >= 0.3 is 0 Å². The summed E-state index contributed by atoms with van der Waals surface area (Å²) in [6, 6.07) is 1.66. The second kappa shape index (κ2) is 8.94. The van der Waals surface area contributed by atoms with Crippen LogP contribution in [0.4, 0.5) is 0 Å². The summed E-state index contributed by atoms with van der Waals surface area (Å²) in [7, 11) is 1.63. The van der Waals surface area contributed by atoms with Crippen LogP contribution >= 0.6 is 0 Å². The third-order valence-corrected chi connectivity index (χ3v) is 5.87. The number of likely N-dealkylation sites (N-methyl/N-ethyl adjacent to an activating group) is 1. The number of hydrogen-bond acceptors (Lipinski definition) is 5. The summed E-state index contributed by atoms with van der Waals surface area (Å²) in [6.07, 6.45) is 4.88. The Balaban J connectivity index is 1.69. The Morgan fingerprint density at radius 1 is 1.34 bits per heavy atom. The van der Waals surface area contributed by atoms with Crippen LogP contribution in [0.25, 0.3) is 0 Å². The molecular formula is C20H31N5O4. The summed E-state index contributed by atoms with van der Waals surface area (Å²) >= 11 is 0. The van der Waals surface area contributed by atoms with Crippen LogP contribution < -0.4 is 10.6 Å². The predicted molar refractivity (Wildman–Crippen MR) is 107 cm³/mol. The average Bonchev–Trinajstić information content (AvgIpc) is 3.35. The molecule has 0 radical (unpaired) electrons. The zero-order valence-corrected chi connectivity index (χ0v) is 17.5. The SMILES string of the molecule is CCOCCCNC(=O)c1cc2n(n1)C[C@](C)(C(=O)NC1CCCC1)N(C)C2=O. The zero-order chi connectivity index (χ0) is 21.0. The van der Waals surface area contributed by atoms with E-state index in [1.165, 1.54) is 15.6 Å². The van der Waals surface area contributed by atoms with Crippen LogP contribution in [0.3, 0.4) is 0 Å². The highest BCUT2D eigenvalue weighted by Crippen LogP contribution is 2.27. The van der Waals surface area contributed by atoms with Gasteiger partial charge in [0.15, 0.2) is 5.69 Å². The van der Waals surface area contributed by atoms with Crippen molar-refractivity contribution in [2.75, 3.05) is 26.8 Å². The van der Waals surface area contributed by atoms with E-state index in [1.807, 2.05) is 6.92 Å². The van der Waals surface area contributed by atoms with Crippen molar-refractivity contribution in [1.82, 2.24) is 25.3 Å². The summed E-state index contributed by atoms with van der Waals surface area (Å²) in [6.45, 7) is 5.56. The second-order valence-electron chi connectivity index (χ2n) is 7.97. The highest BCUT2D eigenvalue weighted by molar-refractivity contribution is 6.01. The molecule has 1 fully saturated rings. The van der Waals surface area contributed by atoms with Crippen molar-refractivity contribution in [2.24, 2.45) is 0 Å². The van der Waals surface area contributed by atoms with Gasteiger partial charge in [0.05, 0.1) is 6.54 Å². The molecule has 1 saturated carbocycles. The molecule has 2 N–H and O–H groups in total. The monoisotopic (exact) mass is 405 g/mol. The van der Waals surface area contributed by atoms with E-state index >= 15 is 0 Å². The first-order valence-corrected chi connectivity index (χ1v) is 10.4. The van der Waals surface area contributed by atoms with Crippen molar-refractivity contribution < 1.29 is 19.1 Å². The maximum atomic E-state index is 13.0. The Morgan fingerprint density at radius 2 is 2.07 bits per heavy atom. The molecule has 160 valence electrons. The maximum absolute atomic E-state index is 13.0. The number of fused-ring (bicyclic) bond motifs is 1. The van der Waals surface area contributed by atoms with Crippen molar-refractivity contribution in [3.8, 4) is 0 Å². The minimum Gasteiger partial charge on any atom is -0.382 e. The number of nitrogens with one attached hydrogen (secondary N) is 2. The van der Waals surface area contributed by atoms with Crippen LogP contribution in [0.5, 0.6) is 0 Å². The molecule has 0 aromatic carbocycles. The molecule has 9 heteroatoms. The molecule has 3 rings (SSSR count). The molecule has 29 heavy (non-hydrogen) atoms. The lowest BCUT2D eigenvalue weighted by Crippen LogP contribution is -2.63. The van der Waals surface area contributed by atoms with Crippen LogP contribution in [-0.2, 0) is 16.1 Å². The lowest BCUT2D eigenvalue weighted by atomic mass is 9.95. The van der Waals surface area contributed by atoms with Crippen molar-refractivity contribution in [3.63, 3.8) is 0 Å². The fourth-order valence-corrected chi connectivity index (χ4v) is 3.86. The number of amides is 3. The smallest absolute Gasteiger partial charge is 0.272 e. The van der Waals surface area contributed by atoms with Crippen molar-refractivity contribution >= 4 is 17.7 Å². The average molecular weight is 405 g/mol. The zero-order valence-electron chi connectivity index (χ0n) is 17.5. The minimum atomic E-state index is -1.05. The number of hydrogen-bond donors (Lipinski definition) is 2. The minimum absolute atomic E-state index is 0.167. The molecule has 2 heterocycles. The lowest BCUT2D eigenvalue weighted by molar-refractivity contribution is -0.133. The van der Waals surface area contributed by atoms with Gasteiger partial charge in [-0.3, -0.25) is 19.1 Å². The first-order chi connectivity index (χ1) is 13.9. The number of carbonyl (C=O) groups is 3. The molecule has 1 aromatic heterocycles. The molecule has 0 saturated heterocycles. The maximum Gasteiger partial charge on any atom is 0.272 e. The fourth-order valence-electron chi connectivity index (χ4n) is 3.86. The van der Waals surface area contributed by atoms with Gasteiger partial charge in [-0.25, -0.2) is 0 Å². The number of aromatic nitrogens is 2. The van der Waals surface area contributed by atoms with E-state index in [9.17, 15) is 14.4 Å². The Bertz CT molecular complexity index is 771. The highest BCUT2D eigenvalue weighted by Gasteiger charge is 2.46. The summed E-state index contributed by atoms with van der Waals surface area (Å²) in [5.74, 6) is -0.831. The normalized spacial score (nSPS) is 21.9. The van der Waals surface area contributed by atoms with Crippen molar-refractivity contribution in [2.45, 2.75) is 64.1 Å². The second-order valence-corrected chi connectivity index (χ2v) is 7.97. The number of ether oxygens (including phenoxy) is 1. The topological polar surface area (TPSA) is 106 Å². The molecule has 2 aliphatic rings.